The molecule has 7 nitrogen and oxygen atoms in total. The van der Waals surface area contributed by atoms with E-state index in [4.69, 9.17) is 0 Å². The fourth-order valence-corrected chi connectivity index (χ4v) is 4.61. The first kappa shape index (κ1) is 15.9. The van der Waals surface area contributed by atoms with E-state index in [1.165, 1.54) is 17.0 Å². The van der Waals surface area contributed by atoms with Crippen LogP contribution in [-0.2, 0) is 19.4 Å². The zero-order chi connectivity index (χ0) is 16.7. The van der Waals surface area contributed by atoms with Gasteiger partial charge in [-0.3, -0.25) is 9.59 Å². The molecule has 8 heteroatoms. The molecule has 3 rings (SSSR count). The van der Waals surface area contributed by atoms with E-state index in [2.05, 4.69) is 5.32 Å². The van der Waals surface area contributed by atoms with Crippen LogP contribution in [-0.4, -0.2) is 62.2 Å². The lowest BCUT2D eigenvalue weighted by atomic mass is 9.81. The Morgan fingerprint density at radius 2 is 2.04 bits per heavy atom. The van der Waals surface area contributed by atoms with Crippen molar-refractivity contribution in [3.8, 4) is 0 Å². The maximum atomic E-state index is 12.4. The molecule has 1 amide bonds. The van der Waals surface area contributed by atoms with Gasteiger partial charge in [0.05, 0.1) is 16.6 Å². The summed E-state index contributed by atoms with van der Waals surface area (Å²) in [5.41, 5.74) is -1.13. The van der Waals surface area contributed by atoms with Gasteiger partial charge in [0, 0.05) is 26.2 Å². The lowest BCUT2D eigenvalue weighted by molar-refractivity contribution is -0.149. The molecule has 0 aromatic heterocycles. The van der Waals surface area contributed by atoms with Crippen molar-refractivity contribution in [2.24, 2.45) is 11.3 Å². The van der Waals surface area contributed by atoms with Gasteiger partial charge in [-0.1, -0.05) is 18.2 Å². The van der Waals surface area contributed by atoms with Gasteiger partial charge in [-0.05, 0) is 12.1 Å². The number of carbonyl (C=O) groups excluding carboxylic acids is 1. The third kappa shape index (κ3) is 2.61. The van der Waals surface area contributed by atoms with Gasteiger partial charge in [0.25, 0.3) is 0 Å². The number of amides is 1. The first-order valence-corrected chi connectivity index (χ1v) is 9.03. The molecule has 2 N–H and O–H groups in total. The minimum absolute atomic E-state index is 0.0155. The number of carbonyl (C=O) groups is 2. The monoisotopic (exact) mass is 338 g/mol. The second-order valence-corrected chi connectivity index (χ2v) is 8.15. The molecule has 2 heterocycles. The Bertz CT molecular complexity index is 733. The van der Waals surface area contributed by atoms with E-state index in [0.717, 1.165) is 0 Å². The summed E-state index contributed by atoms with van der Waals surface area (Å²) >= 11 is 0. The molecule has 0 radical (unpaired) electrons. The maximum Gasteiger partial charge on any atom is 0.313 e. The summed E-state index contributed by atoms with van der Waals surface area (Å²) in [4.78, 5) is 25.5. The van der Waals surface area contributed by atoms with Gasteiger partial charge < -0.3 is 15.3 Å². The number of hydrogen-bond acceptors (Lipinski definition) is 5. The lowest BCUT2D eigenvalue weighted by Gasteiger charge is -2.22. The highest BCUT2D eigenvalue weighted by Crippen LogP contribution is 2.40. The summed E-state index contributed by atoms with van der Waals surface area (Å²) < 4.78 is 24.6. The molecular weight excluding hydrogens is 320 g/mol. The van der Waals surface area contributed by atoms with Crippen LogP contribution in [0.1, 0.15) is 0 Å². The minimum atomic E-state index is -3.49. The number of sulfone groups is 1. The molecule has 0 unspecified atom stereocenters. The number of likely N-dealkylation sites (tertiary alicyclic amines) is 1. The lowest BCUT2D eigenvalue weighted by Crippen LogP contribution is -2.40. The third-order valence-corrected chi connectivity index (χ3v) is 6.41. The Morgan fingerprint density at radius 1 is 1.35 bits per heavy atom. The first-order chi connectivity index (χ1) is 10.9. The molecule has 2 fully saturated rings. The molecule has 2 atom stereocenters. The molecule has 2 saturated heterocycles. The van der Waals surface area contributed by atoms with Gasteiger partial charge in [0.2, 0.25) is 5.91 Å². The van der Waals surface area contributed by atoms with Crippen molar-refractivity contribution in [1.29, 1.82) is 0 Å². The Hall–Kier alpha value is -1.93. The largest absolute Gasteiger partial charge is 0.481 e. The summed E-state index contributed by atoms with van der Waals surface area (Å²) in [5.74, 6) is -2.10. The van der Waals surface area contributed by atoms with Crippen LogP contribution in [0.2, 0.25) is 0 Å². The highest BCUT2D eigenvalue weighted by Gasteiger charge is 2.59. The second-order valence-electron chi connectivity index (χ2n) is 6.04. The van der Waals surface area contributed by atoms with Crippen LogP contribution in [0.15, 0.2) is 35.2 Å². The molecule has 2 aliphatic heterocycles. The van der Waals surface area contributed by atoms with Crippen molar-refractivity contribution in [2.75, 3.05) is 31.9 Å². The average Bonchev–Trinajstić information content (AvgIpc) is 3.06. The van der Waals surface area contributed by atoms with Crippen molar-refractivity contribution in [3.05, 3.63) is 30.3 Å². The average molecular weight is 338 g/mol. The summed E-state index contributed by atoms with van der Waals surface area (Å²) in [6, 6.07) is 8.04. The molecule has 1 aromatic carbocycles. The predicted molar refractivity (Wildman–Crippen MR) is 81.5 cm³/mol. The number of nitrogens with one attached hydrogen (secondary N) is 1. The number of carboxylic acids is 1. The second kappa shape index (κ2) is 5.61. The summed E-state index contributed by atoms with van der Waals surface area (Å²) in [5, 5.41) is 12.4. The van der Waals surface area contributed by atoms with Crippen LogP contribution < -0.4 is 5.32 Å². The van der Waals surface area contributed by atoms with E-state index in [1.54, 1.807) is 18.2 Å². The van der Waals surface area contributed by atoms with Gasteiger partial charge in [-0.15, -0.1) is 0 Å². The van der Waals surface area contributed by atoms with Gasteiger partial charge in [0.15, 0.2) is 9.84 Å². The van der Waals surface area contributed by atoms with Crippen molar-refractivity contribution in [1.82, 2.24) is 10.2 Å². The molecule has 0 saturated carbocycles. The van der Waals surface area contributed by atoms with Crippen LogP contribution in [0.25, 0.3) is 0 Å². The Kier molecular flexibility index (Phi) is 3.89. The van der Waals surface area contributed by atoms with E-state index < -0.39 is 27.1 Å². The first-order valence-electron chi connectivity index (χ1n) is 7.37. The molecule has 124 valence electrons. The number of rotatable bonds is 5. The van der Waals surface area contributed by atoms with Crippen LogP contribution >= 0.6 is 0 Å². The highest BCUT2D eigenvalue weighted by molar-refractivity contribution is 7.91. The van der Waals surface area contributed by atoms with Gasteiger partial charge in [-0.25, -0.2) is 8.42 Å². The van der Waals surface area contributed by atoms with Crippen LogP contribution in [0.5, 0.6) is 0 Å². The van der Waals surface area contributed by atoms with Crippen molar-refractivity contribution in [3.63, 3.8) is 0 Å². The quantitative estimate of drug-likeness (QED) is 0.757. The van der Waals surface area contributed by atoms with Gasteiger partial charge >= 0.3 is 5.97 Å². The van der Waals surface area contributed by atoms with Gasteiger partial charge in [0.1, 0.15) is 5.41 Å². The fourth-order valence-electron chi connectivity index (χ4n) is 3.34. The number of hydrogen-bond donors (Lipinski definition) is 2. The number of nitrogens with zero attached hydrogens (tertiary/aromatic N) is 1. The Labute approximate surface area is 134 Å². The van der Waals surface area contributed by atoms with Gasteiger partial charge in [-0.2, -0.15) is 0 Å². The van der Waals surface area contributed by atoms with E-state index >= 15 is 0 Å². The smallest absolute Gasteiger partial charge is 0.313 e. The molecule has 0 aliphatic carbocycles. The molecule has 23 heavy (non-hydrogen) atoms. The van der Waals surface area contributed by atoms with Crippen LogP contribution in [0.4, 0.5) is 0 Å². The van der Waals surface area contributed by atoms with Crippen LogP contribution in [0.3, 0.4) is 0 Å². The van der Waals surface area contributed by atoms with Crippen molar-refractivity contribution < 1.29 is 23.1 Å². The van der Waals surface area contributed by atoms with E-state index in [0.29, 0.717) is 6.54 Å². The number of carboxylic acid groups (broad SMARTS) is 1. The van der Waals surface area contributed by atoms with Crippen molar-refractivity contribution >= 4 is 21.7 Å². The zero-order valence-corrected chi connectivity index (χ0v) is 13.3. The summed E-state index contributed by atoms with van der Waals surface area (Å²) in [7, 11) is -3.49. The predicted octanol–water partition coefficient (Wildman–Crippen LogP) is -0.407. The summed E-state index contributed by atoms with van der Waals surface area (Å²) in [6.45, 7) is 0.637. The number of aliphatic carboxylic acids is 1. The topological polar surface area (TPSA) is 104 Å². The molecular formula is C15H18N2O5S. The Balaban J connectivity index is 1.73. The minimum Gasteiger partial charge on any atom is -0.481 e. The SMILES string of the molecule is O=C1[C@H]2CNC[C@@]2(C(=O)O)CN1CCS(=O)(=O)c1ccccc1. The molecule has 0 spiro atoms. The maximum absolute atomic E-state index is 12.4. The molecule has 1 aromatic rings. The van der Waals surface area contributed by atoms with E-state index in [9.17, 15) is 23.1 Å². The summed E-state index contributed by atoms with van der Waals surface area (Å²) in [6.07, 6.45) is 0. The highest BCUT2D eigenvalue weighted by atomic mass is 32.2. The standard InChI is InChI=1S/C15H18N2O5S/c18-13-12-8-16-9-15(12,14(19)20)10-17(13)6-7-23(21,22)11-4-2-1-3-5-11/h1-5,12,16H,6-10H2,(H,19,20)/t12-,15-/m1/s1. The van der Waals surface area contributed by atoms with Crippen molar-refractivity contribution in [2.45, 2.75) is 4.90 Å². The van der Waals surface area contributed by atoms with E-state index in [-0.39, 0.29) is 36.2 Å². The number of benzene rings is 1. The van der Waals surface area contributed by atoms with Crippen LogP contribution in [0, 0.1) is 11.3 Å². The third-order valence-electron chi connectivity index (χ3n) is 4.70. The fraction of sp³-hybridized carbons (Fsp3) is 0.467. The molecule has 2 aliphatic rings. The molecule has 0 bridgehead atoms. The normalized spacial score (nSPS) is 27.2. The number of fused-ring (bicyclic) bond motifs is 1. The zero-order valence-electron chi connectivity index (χ0n) is 12.4. The van der Waals surface area contributed by atoms with E-state index in [1.807, 2.05) is 0 Å². The Morgan fingerprint density at radius 3 is 2.65 bits per heavy atom.